The topological polar surface area (TPSA) is 69.6 Å². The molecule has 1 aliphatic rings. The fourth-order valence-corrected chi connectivity index (χ4v) is 2.32. The van der Waals surface area contributed by atoms with Crippen LogP contribution in [0.5, 0.6) is 0 Å². The van der Waals surface area contributed by atoms with Crippen LogP contribution in [0.15, 0.2) is 24.3 Å². The summed E-state index contributed by atoms with van der Waals surface area (Å²) in [4.78, 5) is 24.7. The van der Waals surface area contributed by atoms with Crippen molar-refractivity contribution in [1.82, 2.24) is 10.2 Å². The number of carboxylic acids is 1. The lowest BCUT2D eigenvalue weighted by Gasteiger charge is -2.30. The Bertz CT molecular complexity index is 507. The summed E-state index contributed by atoms with van der Waals surface area (Å²) < 4.78 is 13.0. The molecule has 2 N–H and O–H groups in total. The number of piperidine rings is 1. The van der Waals surface area contributed by atoms with Crippen LogP contribution in [0.3, 0.4) is 0 Å². The maximum atomic E-state index is 13.0. The number of hydrogen-bond donors (Lipinski definition) is 2. The molecular formula is C14H17FN2O3. The second-order valence-electron chi connectivity index (χ2n) is 4.93. The van der Waals surface area contributed by atoms with Crippen LogP contribution in [-0.2, 0) is 4.79 Å². The minimum atomic E-state index is -0.800. The first-order valence-electron chi connectivity index (χ1n) is 6.55. The smallest absolute Gasteiger partial charge is 0.307 e. The van der Waals surface area contributed by atoms with Crippen LogP contribution in [0.2, 0.25) is 0 Å². The lowest BCUT2D eigenvalue weighted by molar-refractivity contribution is -0.143. The Kier molecular flexibility index (Phi) is 4.68. The van der Waals surface area contributed by atoms with Gasteiger partial charge in [0.2, 0.25) is 0 Å². The first kappa shape index (κ1) is 14.5. The summed E-state index contributed by atoms with van der Waals surface area (Å²) in [7, 11) is 0. The van der Waals surface area contributed by atoms with Crippen LogP contribution in [0, 0.1) is 11.7 Å². The molecule has 6 heteroatoms. The van der Waals surface area contributed by atoms with Gasteiger partial charge < -0.3 is 10.4 Å². The normalized spacial score (nSPS) is 19.6. The third-order valence-corrected chi connectivity index (χ3v) is 3.40. The number of nitrogens with one attached hydrogen (secondary N) is 1. The van der Waals surface area contributed by atoms with Crippen LogP contribution < -0.4 is 5.32 Å². The highest BCUT2D eigenvalue weighted by Crippen LogP contribution is 2.15. The lowest BCUT2D eigenvalue weighted by atomic mass is 9.99. The van der Waals surface area contributed by atoms with Gasteiger partial charge in [-0.05, 0) is 37.6 Å². The van der Waals surface area contributed by atoms with Crippen molar-refractivity contribution in [2.75, 3.05) is 19.8 Å². The number of amides is 1. The molecule has 1 fully saturated rings. The van der Waals surface area contributed by atoms with Gasteiger partial charge in [-0.2, -0.15) is 0 Å². The average molecular weight is 280 g/mol. The van der Waals surface area contributed by atoms with Gasteiger partial charge in [0.05, 0.1) is 12.6 Å². The summed E-state index contributed by atoms with van der Waals surface area (Å²) in [5.74, 6) is -2.00. The minimum Gasteiger partial charge on any atom is -0.481 e. The van der Waals surface area contributed by atoms with E-state index in [1.807, 2.05) is 4.90 Å². The third kappa shape index (κ3) is 3.77. The van der Waals surface area contributed by atoms with Crippen LogP contribution in [0.4, 0.5) is 4.39 Å². The Morgan fingerprint density at radius 2 is 2.25 bits per heavy atom. The maximum Gasteiger partial charge on any atom is 0.307 e. The molecule has 0 aromatic heterocycles. The van der Waals surface area contributed by atoms with Crippen molar-refractivity contribution in [3.05, 3.63) is 35.6 Å². The Morgan fingerprint density at radius 3 is 2.95 bits per heavy atom. The van der Waals surface area contributed by atoms with Gasteiger partial charge in [-0.15, -0.1) is 0 Å². The van der Waals surface area contributed by atoms with Crippen molar-refractivity contribution in [1.29, 1.82) is 0 Å². The van der Waals surface area contributed by atoms with Crippen LogP contribution in [0.1, 0.15) is 23.2 Å². The van der Waals surface area contributed by atoms with Crippen LogP contribution in [0.25, 0.3) is 0 Å². The molecular weight excluding hydrogens is 263 g/mol. The molecule has 1 saturated heterocycles. The highest BCUT2D eigenvalue weighted by Gasteiger charge is 2.25. The SMILES string of the molecule is O=C(NCN1CCCC(C(=O)O)C1)c1cccc(F)c1. The number of aliphatic carboxylic acids is 1. The van der Waals surface area contributed by atoms with E-state index in [0.717, 1.165) is 13.0 Å². The number of rotatable bonds is 4. The van der Waals surface area contributed by atoms with E-state index in [-0.39, 0.29) is 24.1 Å². The van der Waals surface area contributed by atoms with Gasteiger partial charge in [-0.25, -0.2) is 4.39 Å². The number of carbonyl (C=O) groups is 2. The Labute approximate surface area is 116 Å². The van der Waals surface area contributed by atoms with E-state index in [1.165, 1.54) is 24.3 Å². The number of carboxylic acid groups (broad SMARTS) is 1. The Balaban J connectivity index is 1.85. The lowest BCUT2D eigenvalue weighted by Crippen LogP contribution is -2.44. The molecule has 1 unspecified atom stereocenters. The van der Waals surface area contributed by atoms with Crippen molar-refractivity contribution in [3.8, 4) is 0 Å². The zero-order chi connectivity index (χ0) is 14.5. The van der Waals surface area contributed by atoms with Crippen molar-refractivity contribution in [2.45, 2.75) is 12.8 Å². The van der Waals surface area contributed by atoms with Gasteiger partial charge >= 0.3 is 5.97 Å². The summed E-state index contributed by atoms with van der Waals surface area (Å²) in [6.45, 7) is 1.46. The van der Waals surface area contributed by atoms with Crippen molar-refractivity contribution in [3.63, 3.8) is 0 Å². The van der Waals surface area contributed by atoms with E-state index < -0.39 is 11.8 Å². The van der Waals surface area contributed by atoms with Crippen molar-refractivity contribution < 1.29 is 19.1 Å². The molecule has 1 amide bonds. The molecule has 0 aliphatic carbocycles. The standard InChI is InChI=1S/C14H17FN2O3/c15-12-5-1-3-10(7-12)13(18)16-9-17-6-2-4-11(8-17)14(19)20/h1,3,5,7,11H,2,4,6,8-9H2,(H,16,18)(H,19,20). The van der Waals surface area contributed by atoms with Gasteiger partial charge in [0, 0.05) is 12.1 Å². The van der Waals surface area contributed by atoms with Crippen molar-refractivity contribution in [2.24, 2.45) is 5.92 Å². The molecule has 108 valence electrons. The van der Waals surface area contributed by atoms with Gasteiger partial charge in [0.15, 0.2) is 0 Å². The number of carbonyl (C=O) groups excluding carboxylic acids is 1. The minimum absolute atomic E-state index is 0.261. The molecule has 20 heavy (non-hydrogen) atoms. The largest absolute Gasteiger partial charge is 0.481 e. The monoisotopic (exact) mass is 280 g/mol. The summed E-state index contributed by atoms with van der Waals surface area (Å²) in [5.41, 5.74) is 0.261. The second-order valence-corrected chi connectivity index (χ2v) is 4.93. The predicted octanol–water partition coefficient (Wildman–Crippen LogP) is 1.31. The van der Waals surface area contributed by atoms with Gasteiger partial charge in [-0.1, -0.05) is 6.07 Å². The first-order valence-corrected chi connectivity index (χ1v) is 6.55. The fraction of sp³-hybridized carbons (Fsp3) is 0.429. The molecule has 1 atom stereocenters. The highest BCUT2D eigenvalue weighted by atomic mass is 19.1. The number of likely N-dealkylation sites (tertiary alicyclic amines) is 1. The molecule has 2 rings (SSSR count). The van der Waals surface area contributed by atoms with Crippen molar-refractivity contribution >= 4 is 11.9 Å². The molecule has 5 nitrogen and oxygen atoms in total. The van der Waals surface area contributed by atoms with E-state index in [9.17, 15) is 14.0 Å². The maximum absolute atomic E-state index is 13.0. The molecule has 0 saturated carbocycles. The molecule has 0 spiro atoms. The zero-order valence-electron chi connectivity index (χ0n) is 11.0. The molecule has 1 heterocycles. The van der Waals surface area contributed by atoms with Crippen LogP contribution in [-0.4, -0.2) is 41.6 Å². The summed E-state index contributed by atoms with van der Waals surface area (Å²) in [5, 5.41) is 11.7. The number of benzene rings is 1. The highest BCUT2D eigenvalue weighted by molar-refractivity contribution is 5.94. The summed E-state index contributed by atoms with van der Waals surface area (Å²) in [6.07, 6.45) is 1.47. The first-order chi connectivity index (χ1) is 9.56. The van der Waals surface area contributed by atoms with Crippen LogP contribution >= 0.6 is 0 Å². The summed E-state index contributed by atoms with van der Waals surface area (Å²) in [6, 6.07) is 5.46. The summed E-state index contributed by atoms with van der Waals surface area (Å²) >= 11 is 0. The quantitative estimate of drug-likeness (QED) is 0.872. The van der Waals surface area contributed by atoms with E-state index >= 15 is 0 Å². The van der Waals surface area contributed by atoms with Gasteiger partial charge in [0.25, 0.3) is 5.91 Å². The molecule has 1 aliphatic heterocycles. The fourth-order valence-electron chi connectivity index (χ4n) is 2.32. The van der Waals surface area contributed by atoms with E-state index in [4.69, 9.17) is 5.11 Å². The number of hydrogen-bond acceptors (Lipinski definition) is 3. The molecule has 1 aromatic carbocycles. The predicted molar refractivity (Wildman–Crippen MR) is 70.7 cm³/mol. The zero-order valence-corrected chi connectivity index (χ0v) is 11.0. The number of halogens is 1. The van der Waals surface area contributed by atoms with Gasteiger partial charge in [-0.3, -0.25) is 14.5 Å². The second kappa shape index (κ2) is 6.47. The molecule has 0 radical (unpaired) electrons. The Morgan fingerprint density at radius 1 is 1.45 bits per heavy atom. The van der Waals surface area contributed by atoms with E-state index in [1.54, 1.807) is 0 Å². The Hall–Kier alpha value is -1.95. The number of nitrogens with zero attached hydrogens (tertiary/aromatic N) is 1. The van der Waals surface area contributed by atoms with Gasteiger partial charge in [0.1, 0.15) is 5.82 Å². The molecule has 1 aromatic rings. The molecule has 0 bridgehead atoms. The van der Waals surface area contributed by atoms with E-state index in [2.05, 4.69) is 5.32 Å². The average Bonchev–Trinajstić information content (AvgIpc) is 2.45. The van der Waals surface area contributed by atoms with E-state index in [0.29, 0.717) is 13.0 Å². The third-order valence-electron chi connectivity index (χ3n) is 3.40.